The van der Waals surface area contributed by atoms with E-state index in [0.29, 0.717) is 24.6 Å². The summed E-state index contributed by atoms with van der Waals surface area (Å²) in [7, 11) is 0. The van der Waals surface area contributed by atoms with Gasteiger partial charge in [0.25, 0.3) is 5.91 Å². The number of nitrogens with one attached hydrogen (secondary N) is 1. The molecule has 0 atom stereocenters. The van der Waals surface area contributed by atoms with Gasteiger partial charge in [-0.25, -0.2) is 4.98 Å². The number of hydrogen-bond donors (Lipinski definition) is 1. The Labute approximate surface area is 133 Å². The lowest BCUT2D eigenvalue weighted by molar-refractivity contribution is 0.0950. The molecule has 116 valence electrons. The van der Waals surface area contributed by atoms with Crippen LogP contribution in [0.2, 0.25) is 0 Å². The first-order chi connectivity index (χ1) is 11.3. The van der Waals surface area contributed by atoms with E-state index < -0.39 is 0 Å². The van der Waals surface area contributed by atoms with Crippen LogP contribution < -0.4 is 10.1 Å². The number of rotatable bonds is 6. The molecule has 1 aromatic carbocycles. The Balaban J connectivity index is 1.56. The van der Waals surface area contributed by atoms with Crippen molar-refractivity contribution in [3.05, 3.63) is 83.9 Å². The number of ether oxygens (including phenoxy) is 1. The lowest BCUT2D eigenvalue weighted by Crippen LogP contribution is -2.22. The van der Waals surface area contributed by atoms with Gasteiger partial charge in [-0.3, -0.25) is 4.79 Å². The van der Waals surface area contributed by atoms with Crippen molar-refractivity contribution in [1.82, 2.24) is 10.3 Å². The summed E-state index contributed by atoms with van der Waals surface area (Å²) in [6, 6.07) is 15.2. The van der Waals surface area contributed by atoms with Crippen LogP contribution in [0.15, 0.2) is 71.7 Å². The molecule has 0 radical (unpaired) electrons. The molecule has 0 aliphatic rings. The van der Waals surface area contributed by atoms with E-state index >= 15 is 0 Å². The number of furan rings is 1. The van der Waals surface area contributed by atoms with E-state index in [1.165, 1.54) is 12.5 Å². The van der Waals surface area contributed by atoms with Gasteiger partial charge in [0.1, 0.15) is 12.9 Å². The Bertz CT molecular complexity index is 755. The normalized spacial score (nSPS) is 10.3. The molecule has 2 heterocycles. The molecule has 0 saturated heterocycles. The summed E-state index contributed by atoms with van der Waals surface area (Å²) in [6.45, 7) is 0.854. The maximum atomic E-state index is 11.9. The third kappa shape index (κ3) is 4.20. The predicted molar refractivity (Wildman–Crippen MR) is 84.9 cm³/mol. The zero-order valence-electron chi connectivity index (χ0n) is 12.4. The maximum absolute atomic E-state index is 11.9. The molecular formula is C18H16N2O3. The van der Waals surface area contributed by atoms with E-state index in [1.807, 2.05) is 42.5 Å². The molecule has 23 heavy (non-hydrogen) atoms. The molecule has 1 amide bonds. The molecule has 5 heteroatoms. The third-order valence-corrected chi connectivity index (χ3v) is 3.27. The Hall–Kier alpha value is -3.08. The molecule has 0 fully saturated rings. The van der Waals surface area contributed by atoms with Crippen LogP contribution in [0.25, 0.3) is 0 Å². The standard InChI is InChI=1S/C18H16N2O3/c21-18(16-7-9-22-13-16)20-11-15-6-8-19-17(10-15)23-12-14-4-2-1-3-5-14/h1-10,13H,11-12H2,(H,20,21). The molecular weight excluding hydrogens is 292 g/mol. The van der Waals surface area contributed by atoms with E-state index in [1.54, 1.807) is 12.3 Å². The van der Waals surface area contributed by atoms with Gasteiger partial charge in [-0.05, 0) is 23.3 Å². The lowest BCUT2D eigenvalue weighted by atomic mass is 10.2. The second kappa shape index (κ2) is 7.26. The van der Waals surface area contributed by atoms with Gasteiger partial charge in [-0.1, -0.05) is 30.3 Å². The second-order valence-electron chi connectivity index (χ2n) is 4.97. The molecule has 3 rings (SSSR count). The van der Waals surface area contributed by atoms with Crippen molar-refractivity contribution >= 4 is 5.91 Å². The van der Waals surface area contributed by atoms with Crippen LogP contribution in [0.1, 0.15) is 21.5 Å². The van der Waals surface area contributed by atoms with E-state index in [-0.39, 0.29) is 5.91 Å². The molecule has 0 spiro atoms. The highest BCUT2D eigenvalue weighted by atomic mass is 16.5. The van der Waals surface area contributed by atoms with Crippen molar-refractivity contribution in [2.45, 2.75) is 13.2 Å². The van der Waals surface area contributed by atoms with Crippen molar-refractivity contribution in [3.63, 3.8) is 0 Å². The number of carbonyl (C=O) groups excluding carboxylic acids is 1. The zero-order chi connectivity index (χ0) is 15.9. The van der Waals surface area contributed by atoms with Gasteiger partial charge in [0.05, 0.1) is 11.8 Å². The summed E-state index contributed by atoms with van der Waals surface area (Å²) < 4.78 is 10.6. The van der Waals surface area contributed by atoms with Gasteiger partial charge in [-0.2, -0.15) is 0 Å². The summed E-state index contributed by atoms with van der Waals surface area (Å²) in [5.41, 5.74) is 2.49. The van der Waals surface area contributed by atoms with Crippen LogP contribution in [-0.2, 0) is 13.2 Å². The fourth-order valence-electron chi connectivity index (χ4n) is 2.05. The molecule has 0 bridgehead atoms. The van der Waals surface area contributed by atoms with Crippen LogP contribution in [0.4, 0.5) is 0 Å². The highest BCUT2D eigenvalue weighted by Crippen LogP contribution is 2.12. The Morgan fingerprint density at radius 3 is 2.78 bits per heavy atom. The molecule has 1 N–H and O–H groups in total. The smallest absolute Gasteiger partial charge is 0.254 e. The van der Waals surface area contributed by atoms with Gasteiger partial charge >= 0.3 is 0 Å². The van der Waals surface area contributed by atoms with Crippen molar-refractivity contribution in [1.29, 1.82) is 0 Å². The van der Waals surface area contributed by atoms with Gasteiger partial charge in [0, 0.05) is 18.8 Å². The summed E-state index contributed by atoms with van der Waals surface area (Å²) in [5.74, 6) is 0.353. The minimum atomic E-state index is -0.178. The van der Waals surface area contributed by atoms with Crippen molar-refractivity contribution < 1.29 is 13.9 Å². The predicted octanol–water partition coefficient (Wildman–Crippen LogP) is 3.18. The SMILES string of the molecule is O=C(NCc1ccnc(OCc2ccccc2)c1)c1ccoc1. The van der Waals surface area contributed by atoms with Gasteiger partial charge in [0.2, 0.25) is 5.88 Å². The molecule has 0 aliphatic carbocycles. The number of benzene rings is 1. The molecule has 0 unspecified atom stereocenters. The minimum Gasteiger partial charge on any atom is -0.473 e. The second-order valence-corrected chi connectivity index (χ2v) is 4.97. The summed E-state index contributed by atoms with van der Waals surface area (Å²) in [5, 5.41) is 2.82. The first-order valence-electron chi connectivity index (χ1n) is 7.23. The molecule has 2 aromatic heterocycles. The van der Waals surface area contributed by atoms with Gasteiger partial charge in [-0.15, -0.1) is 0 Å². The lowest BCUT2D eigenvalue weighted by Gasteiger charge is -2.08. The molecule has 0 aliphatic heterocycles. The molecule has 5 nitrogen and oxygen atoms in total. The largest absolute Gasteiger partial charge is 0.473 e. The number of amides is 1. The van der Waals surface area contributed by atoms with Crippen molar-refractivity contribution in [2.24, 2.45) is 0 Å². The monoisotopic (exact) mass is 308 g/mol. The first kappa shape index (κ1) is 14.8. The first-order valence-corrected chi connectivity index (χ1v) is 7.23. The Morgan fingerprint density at radius 1 is 1.13 bits per heavy atom. The quantitative estimate of drug-likeness (QED) is 0.759. The van der Waals surface area contributed by atoms with Gasteiger partial charge in [0.15, 0.2) is 0 Å². The number of hydrogen-bond acceptors (Lipinski definition) is 4. The van der Waals surface area contributed by atoms with E-state index in [2.05, 4.69) is 10.3 Å². The fourth-order valence-corrected chi connectivity index (χ4v) is 2.05. The maximum Gasteiger partial charge on any atom is 0.254 e. The van der Waals surface area contributed by atoms with Crippen molar-refractivity contribution in [3.8, 4) is 5.88 Å². The van der Waals surface area contributed by atoms with Crippen LogP contribution in [0.5, 0.6) is 5.88 Å². The third-order valence-electron chi connectivity index (χ3n) is 3.27. The summed E-state index contributed by atoms with van der Waals surface area (Å²) >= 11 is 0. The average Bonchev–Trinajstić information content (AvgIpc) is 3.14. The number of carbonyl (C=O) groups is 1. The van der Waals surface area contributed by atoms with Crippen LogP contribution in [-0.4, -0.2) is 10.9 Å². The number of pyridine rings is 1. The van der Waals surface area contributed by atoms with Crippen LogP contribution >= 0.6 is 0 Å². The van der Waals surface area contributed by atoms with Crippen LogP contribution in [0.3, 0.4) is 0 Å². The van der Waals surface area contributed by atoms with E-state index in [0.717, 1.165) is 11.1 Å². The Morgan fingerprint density at radius 2 is 2.00 bits per heavy atom. The van der Waals surface area contributed by atoms with Crippen LogP contribution in [0, 0.1) is 0 Å². The number of aromatic nitrogens is 1. The van der Waals surface area contributed by atoms with Gasteiger partial charge < -0.3 is 14.5 Å². The molecule has 0 saturated carbocycles. The fraction of sp³-hybridized carbons (Fsp3) is 0.111. The van der Waals surface area contributed by atoms with E-state index in [9.17, 15) is 4.79 Å². The average molecular weight is 308 g/mol. The van der Waals surface area contributed by atoms with E-state index in [4.69, 9.17) is 9.15 Å². The minimum absolute atomic E-state index is 0.178. The molecule has 3 aromatic rings. The van der Waals surface area contributed by atoms with Crippen molar-refractivity contribution in [2.75, 3.05) is 0 Å². The Kier molecular flexibility index (Phi) is 4.69. The zero-order valence-corrected chi connectivity index (χ0v) is 12.4. The summed E-state index contributed by atoms with van der Waals surface area (Å²) in [4.78, 5) is 16.0. The highest BCUT2D eigenvalue weighted by molar-refractivity contribution is 5.93. The summed E-state index contributed by atoms with van der Waals surface area (Å²) in [6.07, 6.45) is 4.55. The highest BCUT2D eigenvalue weighted by Gasteiger charge is 2.06. The topological polar surface area (TPSA) is 64.4 Å². The number of nitrogens with zero attached hydrogens (tertiary/aromatic N) is 1.